The molecule has 0 radical (unpaired) electrons. The Kier molecular flexibility index (Phi) is 4.81. The summed E-state index contributed by atoms with van der Waals surface area (Å²) in [6.07, 6.45) is 1.93. The van der Waals surface area contributed by atoms with Gasteiger partial charge in [0.15, 0.2) is 0 Å². The molecule has 2 rings (SSSR count). The molecule has 2 aromatic carbocycles. The molecule has 0 fully saturated rings. The van der Waals surface area contributed by atoms with Crippen LogP contribution in [0.1, 0.15) is 30.5 Å². The molecule has 3 heteroatoms. The predicted octanol–water partition coefficient (Wildman–Crippen LogP) is 5.19. The SMILES string of the molecule is CCc1cccc(CC)c1Nc1cc(Br)ccc1C#N. The smallest absolute Gasteiger partial charge is 0.101 e. The van der Waals surface area contributed by atoms with Crippen LogP contribution in [0.4, 0.5) is 11.4 Å². The van der Waals surface area contributed by atoms with Crippen molar-refractivity contribution in [1.82, 2.24) is 0 Å². The van der Waals surface area contributed by atoms with E-state index in [9.17, 15) is 5.26 Å². The normalized spacial score (nSPS) is 10.1. The van der Waals surface area contributed by atoms with Gasteiger partial charge in [-0.2, -0.15) is 5.26 Å². The summed E-state index contributed by atoms with van der Waals surface area (Å²) in [4.78, 5) is 0. The topological polar surface area (TPSA) is 35.8 Å². The number of hydrogen-bond acceptors (Lipinski definition) is 2. The van der Waals surface area contributed by atoms with E-state index >= 15 is 0 Å². The summed E-state index contributed by atoms with van der Waals surface area (Å²) in [5.74, 6) is 0. The second-order valence-corrected chi connectivity index (χ2v) is 5.50. The lowest BCUT2D eigenvalue weighted by molar-refractivity contribution is 1.09. The zero-order chi connectivity index (χ0) is 14.5. The summed E-state index contributed by atoms with van der Waals surface area (Å²) in [5.41, 5.74) is 5.17. The van der Waals surface area contributed by atoms with Crippen molar-refractivity contribution in [3.63, 3.8) is 0 Å². The largest absolute Gasteiger partial charge is 0.354 e. The zero-order valence-corrected chi connectivity index (χ0v) is 13.3. The van der Waals surface area contributed by atoms with Gasteiger partial charge in [-0.3, -0.25) is 0 Å². The molecule has 0 unspecified atom stereocenters. The Bertz CT molecular complexity index is 634. The van der Waals surface area contributed by atoms with Crippen LogP contribution in [0.2, 0.25) is 0 Å². The maximum atomic E-state index is 9.24. The Morgan fingerprint density at radius 3 is 2.30 bits per heavy atom. The summed E-state index contributed by atoms with van der Waals surface area (Å²) in [7, 11) is 0. The van der Waals surface area contributed by atoms with E-state index in [1.54, 1.807) is 0 Å². The zero-order valence-electron chi connectivity index (χ0n) is 11.7. The standard InChI is InChI=1S/C17H17BrN2/c1-3-12-6-5-7-13(4-2)17(12)20-16-10-15(18)9-8-14(16)11-19/h5-10,20H,3-4H2,1-2H3. The summed E-state index contributed by atoms with van der Waals surface area (Å²) in [6.45, 7) is 4.29. The van der Waals surface area contributed by atoms with E-state index in [-0.39, 0.29) is 0 Å². The van der Waals surface area contributed by atoms with Gasteiger partial charge in [0.05, 0.1) is 11.3 Å². The molecule has 20 heavy (non-hydrogen) atoms. The van der Waals surface area contributed by atoms with Crippen LogP contribution in [0.3, 0.4) is 0 Å². The third-order valence-electron chi connectivity index (χ3n) is 3.36. The Balaban J connectivity index is 2.50. The van der Waals surface area contributed by atoms with E-state index < -0.39 is 0 Å². The lowest BCUT2D eigenvalue weighted by Gasteiger charge is -2.16. The molecule has 1 N–H and O–H groups in total. The molecule has 0 atom stereocenters. The second kappa shape index (κ2) is 6.58. The van der Waals surface area contributed by atoms with Crippen molar-refractivity contribution < 1.29 is 0 Å². The van der Waals surface area contributed by atoms with E-state index in [2.05, 4.69) is 59.4 Å². The highest BCUT2D eigenvalue weighted by molar-refractivity contribution is 9.10. The fourth-order valence-corrected chi connectivity index (χ4v) is 2.62. The van der Waals surface area contributed by atoms with Crippen LogP contribution in [0.15, 0.2) is 40.9 Å². The fraction of sp³-hybridized carbons (Fsp3) is 0.235. The number of aryl methyl sites for hydroxylation is 2. The highest BCUT2D eigenvalue weighted by Gasteiger charge is 2.09. The van der Waals surface area contributed by atoms with E-state index in [0.717, 1.165) is 28.7 Å². The molecule has 0 aromatic heterocycles. The predicted molar refractivity (Wildman–Crippen MR) is 87.3 cm³/mol. The number of para-hydroxylation sites is 1. The van der Waals surface area contributed by atoms with Crippen molar-refractivity contribution in [2.45, 2.75) is 26.7 Å². The molecular weight excluding hydrogens is 312 g/mol. The lowest BCUT2D eigenvalue weighted by atomic mass is 10.0. The van der Waals surface area contributed by atoms with E-state index in [1.807, 2.05) is 18.2 Å². The molecule has 0 aliphatic heterocycles. The van der Waals surface area contributed by atoms with Gasteiger partial charge in [0, 0.05) is 10.2 Å². The number of nitrogens with one attached hydrogen (secondary N) is 1. The van der Waals surface area contributed by atoms with Crippen molar-refractivity contribution in [1.29, 1.82) is 5.26 Å². The number of anilines is 2. The third-order valence-corrected chi connectivity index (χ3v) is 3.85. The maximum Gasteiger partial charge on any atom is 0.101 e. The first-order valence-electron chi connectivity index (χ1n) is 6.77. The van der Waals surface area contributed by atoms with Gasteiger partial charge >= 0.3 is 0 Å². The van der Waals surface area contributed by atoms with Crippen molar-refractivity contribution in [3.05, 3.63) is 57.6 Å². The fourth-order valence-electron chi connectivity index (χ4n) is 2.26. The van der Waals surface area contributed by atoms with Crippen LogP contribution in [0, 0.1) is 11.3 Å². The number of hydrogen-bond donors (Lipinski definition) is 1. The average Bonchev–Trinajstić information content (AvgIpc) is 2.47. The Hall–Kier alpha value is -1.79. The number of rotatable bonds is 4. The molecule has 0 spiro atoms. The molecule has 0 heterocycles. The van der Waals surface area contributed by atoms with E-state index in [1.165, 1.54) is 11.1 Å². The molecule has 102 valence electrons. The summed E-state index contributed by atoms with van der Waals surface area (Å²) in [6, 6.07) is 14.2. The average molecular weight is 329 g/mol. The molecule has 0 saturated carbocycles. The minimum absolute atomic E-state index is 0.654. The van der Waals surface area contributed by atoms with Crippen LogP contribution in [0.5, 0.6) is 0 Å². The molecule has 0 saturated heterocycles. The summed E-state index contributed by atoms with van der Waals surface area (Å²) >= 11 is 3.46. The highest BCUT2D eigenvalue weighted by atomic mass is 79.9. The first-order valence-corrected chi connectivity index (χ1v) is 7.56. The van der Waals surface area contributed by atoms with Crippen LogP contribution in [-0.4, -0.2) is 0 Å². The van der Waals surface area contributed by atoms with E-state index in [4.69, 9.17) is 0 Å². The van der Waals surface area contributed by atoms with Gasteiger partial charge in [-0.15, -0.1) is 0 Å². The van der Waals surface area contributed by atoms with Gasteiger partial charge < -0.3 is 5.32 Å². The lowest BCUT2D eigenvalue weighted by Crippen LogP contribution is -2.01. The van der Waals surface area contributed by atoms with Gasteiger partial charge in [-0.25, -0.2) is 0 Å². The number of halogens is 1. The van der Waals surface area contributed by atoms with Gasteiger partial charge in [-0.05, 0) is 42.2 Å². The van der Waals surface area contributed by atoms with Crippen LogP contribution in [0.25, 0.3) is 0 Å². The molecule has 0 aliphatic rings. The first kappa shape index (κ1) is 14.6. The summed E-state index contributed by atoms with van der Waals surface area (Å²) < 4.78 is 0.964. The number of benzene rings is 2. The third kappa shape index (κ3) is 3.02. The van der Waals surface area contributed by atoms with Crippen molar-refractivity contribution in [3.8, 4) is 6.07 Å². The quantitative estimate of drug-likeness (QED) is 0.838. The van der Waals surface area contributed by atoms with E-state index in [0.29, 0.717) is 5.56 Å². The van der Waals surface area contributed by atoms with Gasteiger partial charge in [0.2, 0.25) is 0 Å². The Morgan fingerprint density at radius 1 is 1.10 bits per heavy atom. The molecule has 0 aliphatic carbocycles. The maximum absolute atomic E-state index is 9.24. The molecular formula is C17H17BrN2. The van der Waals surface area contributed by atoms with Crippen molar-refractivity contribution in [2.75, 3.05) is 5.32 Å². The van der Waals surface area contributed by atoms with Crippen molar-refractivity contribution in [2.24, 2.45) is 0 Å². The summed E-state index contributed by atoms with van der Waals surface area (Å²) in [5, 5.41) is 12.7. The minimum Gasteiger partial charge on any atom is -0.354 e. The van der Waals surface area contributed by atoms with Crippen molar-refractivity contribution >= 4 is 27.3 Å². The van der Waals surface area contributed by atoms with Gasteiger partial charge in [0.25, 0.3) is 0 Å². The molecule has 0 bridgehead atoms. The molecule has 2 nitrogen and oxygen atoms in total. The Morgan fingerprint density at radius 2 is 1.75 bits per heavy atom. The Labute approximate surface area is 128 Å². The number of nitriles is 1. The van der Waals surface area contributed by atoms with Crippen LogP contribution < -0.4 is 5.32 Å². The number of nitrogens with zero attached hydrogens (tertiary/aromatic N) is 1. The van der Waals surface area contributed by atoms with Crippen LogP contribution >= 0.6 is 15.9 Å². The molecule has 2 aromatic rings. The van der Waals surface area contributed by atoms with Crippen LogP contribution in [-0.2, 0) is 12.8 Å². The monoisotopic (exact) mass is 328 g/mol. The molecule has 0 amide bonds. The highest BCUT2D eigenvalue weighted by Crippen LogP contribution is 2.29. The van der Waals surface area contributed by atoms with Gasteiger partial charge in [-0.1, -0.05) is 48.0 Å². The minimum atomic E-state index is 0.654. The van der Waals surface area contributed by atoms with Gasteiger partial charge in [0.1, 0.15) is 6.07 Å². The first-order chi connectivity index (χ1) is 9.69. The second-order valence-electron chi connectivity index (χ2n) is 4.59.